The molecule has 0 fully saturated rings. The highest BCUT2D eigenvalue weighted by molar-refractivity contribution is 5.86. The number of nitrogens with one attached hydrogen (secondary N) is 1. The first-order valence-corrected chi connectivity index (χ1v) is 2.93. The molecule has 0 aromatic heterocycles. The summed E-state index contributed by atoms with van der Waals surface area (Å²) in [6.45, 7) is 9.22. The number of primary amides is 2. The number of hydrogen-bond acceptors (Lipinski definition) is 2. The van der Waals surface area contributed by atoms with Gasteiger partial charge in [-0.2, -0.15) is 0 Å². The van der Waals surface area contributed by atoms with Crippen LogP contribution in [0.5, 0.6) is 0 Å². The molecule has 0 aliphatic carbocycles. The molecule has 70 valence electrons. The molecule has 3 amide bonds. The van der Waals surface area contributed by atoms with Crippen LogP contribution in [0.2, 0.25) is 0 Å². The highest BCUT2D eigenvalue weighted by atomic mass is 16.2. The SMILES string of the molecule is C=C.C=CC(=O)NC.NC(N)=O. The number of nitrogens with two attached hydrogens (primary N) is 2. The molecule has 0 unspecified atom stereocenters. The van der Waals surface area contributed by atoms with E-state index in [4.69, 9.17) is 4.79 Å². The summed E-state index contributed by atoms with van der Waals surface area (Å²) in [6, 6.07) is -0.833. The van der Waals surface area contributed by atoms with Crippen molar-refractivity contribution in [2.24, 2.45) is 11.5 Å². The van der Waals surface area contributed by atoms with Crippen LogP contribution >= 0.6 is 0 Å². The number of hydrogen-bond donors (Lipinski definition) is 3. The van der Waals surface area contributed by atoms with E-state index >= 15 is 0 Å². The van der Waals surface area contributed by atoms with Crippen LogP contribution in [0.3, 0.4) is 0 Å². The Morgan fingerprint density at radius 2 is 1.58 bits per heavy atom. The van der Waals surface area contributed by atoms with E-state index in [-0.39, 0.29) is 5.91 Å². The standard InChI is InChI=1S/C4H7NO.C2H4.CH4N2O/c1-3-4(6)5-2;1-2;2-1(3)4/h3H,1H2,2H3,(H,5,6);1-2H2;(H4,2,3,4). The van der Waals surface area contributed by atoms with Crippen molar-refractivity contribution in [1.82, 2.24) is 5.32 Å². The lowest BCUT2D eigenvalue weighted by molar-refractivity contribution is -0.116. The summed E-state index contributed by atoms with van der Waals surface area (Å²) in [4.78, 5) is 19.0. The lowest BCUT2D eigenvalue weighted by Crippen LogP contribution is -2.18. The molecule has 0 heterocycles. The molecule has 0 atom stereocenters. The van der Waals surface area contributed by atoms with Crippen molar-refractivity contribution in [2.45, 2.75) is 0 Å². The third-order valence-corrected chi connectivity index (χ3v) is 0.432. The minimum absolute atomic E-state index is 0.144. The summed E-state index contributed by atoms with van der Waals surface area (Å²) >= 11 is 0. The summed E-state index contributed by atoms with van der Waals surface area (Å²) in [5.74, 6) is -0.144. The maximum absolute atomic E-state index is 9.95. The van der Waals surface area contributed by atoms with Crippen LogP contribution in [0, 0.1) is 0 Å². The second-order valence-electron chi connectivity index (χ2n) is 1.22. The number of amides is 3. The Morgan fingerprint density at radius 1 is 1.33 bits per heavy atom. The Labute approximate surface area is 72.1 Å². The fraction of sp³-hybridized carbons (Fsp3) is 0.143. The van der Waals surface area contributed by atoms with Crippen molar-refractivity contribution in [3.63, 3.8) is 0 Å². The van der Waals surface area contributed by atoms with Crippen LogP contribution < -0.4 is 16.8 Å². The number of carbonyl (C=O) groups excluding carboxylic acids is 2. The molecular weight excluding hydrogens is 158 g/mol. The summed E-state index contributed by atoms with van der Waals surface area (Å²) < 4.78 is 0. The lowest BCUT2D eigenvalue weighted by Gasteiger charge is -1.82. The van der Waals surface area contributed by atoms with Gasteiger partial charge in [0, 0.05) is 7.05 Å². The van der Waals surface area contributed by atoms with Crippen LogP contribution in [-0.4, -0.2) is 19.0 Å². The normalized spacial score (nSPS) is 5.75. The maximum Gasteiger partial charge on any atom is 0.309 e. The van der Waals surface area contributed by atoms with Crippen LogP contribution in [0.4, 0.5) is 4.79 Å². The minimum Gasteiger partial charge on any atom is -0.356 e. The van der Waals surface area contributed by atoms with E-state index in [0.29, 0.717) is 0 Å². The third kappa shape index (κ3) is 86.9. The average molecular weight is 173 g/mol. The topological polar surface area (TPSA) is 98.2 Å². The summed E-state index contributed by atoms with van der Waals surface area (Å²) in [5, 5.41) is 2.36. The van der Waals surface area contributed by atoms with Gasteiger partial charge in [0.25, 0.3) is 0 Å². The van der Waals surface area contributed by atoms with Crippen molar-refractivity contribution in [3.8, 4) is 0 Å². The first kappa shape index (κ1) is 16.7. The zero-order chi connectivity index (χ0) is 10.6. The van der Waals surface area contributed by atoms with Gasteiger partial charge in [-0.1, -0.05) is 6.58 Å². The fourth-order valence-electron chi connectivity index (χ4n) is 0.102. The van der Waals surface area contributed by atoms with Crippen molar-refractivity contribution in [2.75, 3.05) is 7.05 Å². The Balaban J connectivity index is -0.000000118. The molecule has 0 aromatic rings. The minimum atomic E-state index is -0.833. The van der Waals surface area contributed by atoms with Crippen molar-refractivity contribution in [3.05, 3.63) is 25.8 Å². The van der Waals surface area contributed by atoms with E-state index in [9.17, 15) is 4.79 Å². The van der Waals surface area contributed by atoms with Crippen LogP contribution in [0.1, 0.15) is 0 Å². The predicted molar refractivity (Wildman–Crippen MR) is 49.3 cm³/mol. The molecular formula is C7H15N3O2. The second-order valence-corrected chi connectivity index (χ2v) is 1.22. The summed E-state index contributed by atoms with van der Waals surface area (Å²) in [6.07, 6.45) is 1.22. The molecule has 0 aliphatic rings. The first-order chi connectivity index (χ1) is 5.54. The van der Waals surface area contributed by atoms with E-state index < -0.39 is 6.03 Å². The summed E-state index contributed by atoms with van der Waals surface area (Å²) in [7, 11) is 1.56. The van der Waals surface area contributed by atoms with Gasteiger partial charge in [0.15, 0.2) is 0 Å². The molecule has 0 bridgehead atoms. The van der Waals surface area contributed by atoms with Gasteiger partial charge in [-0.3, -0.25) is 4.79 Å². The van der Waals surface area contributed by atoms with Crippen molar-refractivity contribution < 1.29 is 9.59 Å². The lowest BCUT2D eigenvalue weighted by atomic mass is 10.6. The molecule has 0 saturated carbocycles. The summed E-state index contributed by atoms with van der Waals surface area (Å²) in [5.41, 5.74) is 8.50. The van der Waals surface area contributed by atoms with Crippen molar-refractivity contribution >= 4 is 11.9 Å². The Hall–Kier alpha value is -1.78. The van der Waals surface area contributed by atoms with Gasteiger partial charge in [-0.05, 0) is 6.08 Å². The highest BCUT2D eigenvalue weighted by Crippen LogP contribution is 1.56. The van der Waals surface area contributed by atoms with E-state index in [1.807, 2.05) is 0 Å². The van der Waals surface area contributed by atoms with E-state index in [1.165, 1.54) is 6.08 Å². The Morgan fingerprint density at radius 3 is 1.58 bits per heavy atom. The van der Waals surface area contributed by atoms with Gasteiger partial charge in [0.05, 0.1) is 0 Å². The molecule has 12 heavy (non-hydrogen) atoms. The van der Waals surface area contributed by atoms with E-state index in [1.54, 1.807) is 7.05 Å². The number of carbonyl (C=O) groups is 2. The molecule has 0 saturated heterocycles. The van der Waals surface area contributed by atoms with Gasteiger partial charge >= 0.3 is 6.03 Å². The third-order valence-electron chi connectivity index (χ3n) is 0.432. The first-order valence-electron chi connectivity index (χ1n) is 2.93. The number of likely N-dealkylation sites (N-methyl/N-ethyl adjacent to an activating group) is 1. The molecule has 0 radical (unpaired) electrons. The molecule has 5 heteroatoms. The van der Waals surface area contributed by atoms with Crippen LogP contribution in [-0.2, 0) is 4.79 Å². The van der Waals surface area contributed by atoms with Gasteiger partial charge in [0.1, 0.15) is 0 Å². The monoisotopic (exact) mass is 173 g/mol. The quantitative estimate of drug-likeness (QED) is 0.376. The average Bonchev–Trinajstić information content (AvgIpc) is 2.06. The predicted octanol–water partition coefficient (Wildman–Crippen LogP) is -0.256. The molecule has 0 rings (SSSR count). The zero-order valence-corrected chi connectivity index (χ0v) is 7.17. The fourth-order valence-corrected chi connectivity index (χ4v) is 0.102. The van der Waals surface area contributed by atoms with Crippen LogP contribution in [0.25, 0.3) is 0 Å². The Bertz CT molecular complexity index is 142. The second kappa shape index (κ2) is 16.1. The molecule has 0 aromatic carbocycles. The van der Waals surface area contributed by atoms with Gasteiger partial charge in [0.2, 0.25) is 5.91 Å². The Kier molecular flexibility index (Phi) is 22.4. The number of rotatable bonds is 1. The number of urea groups is 1. The molecule has 0 spiro atoms. The molecule has 5 N–H and O–H groups in total. The maximum atomic E-state index is 9.95. The van der Waals surface area contributed by atoms with Gasteiger partial charge in [-0.25, -0.2) is 4.79 Å². The van der Waals surface area contributed by atoms with Crippen LogP contribution in [0.15, 0.2) is 25.8 Å². The smallest absolute Gasteiger partial charge is 0.309 e. The molecule has 5 nitrogen and oxygen atoms in total. The largest absolute Gasteiger partial charge is 0.356 e. The van der Waals surface area contributed by atoms with Gasteiger partial charge < -0.3 is 16.8 Å². The van der Waals surface area contributed by atoms with E-state index in [0.717, 1.165) is 0 Å². The van der Waals surface area contributed by atoms with Gasteiger partial charge in [-0.15, -0.1) is 13.2 Å². The van der Waals surface area contributed by atoms with E-state index in [2.05, 4.69) is 36.5 Å². The highest BCUT2D eigenvalue weighted by Gasteiger charge is 1.78. The zero-order valence-electron chi connectivity index (χ0n) is 7.17. The van der Waals surface area contributed by atoms with Crippen molar-refractivity contribution in [1.29, 1.82) is 0 Å². The molecule has 0 aliphatic heterocycles.